The van der Waals surface area contributed by atoms with Crippen molar-refractivity contribution in [3.63, 3.8) is 0 Å². The van der Waals surface area contributed by atoms with E-state index in [1.165, 1.54) is 4.88 Å². The molecule has 0 saturated heterocycles. The maximum Gasteiger partial charge on any atom is 0.321 e. The molecular formula is C19H31N7OS. The van der Waals surface area contributed by atoms with Gasteiger partial charge in [-0.2, -0.15) is 20.1 Å². The molecule has 0 radical (unpaired) electrons. The van der Waals surface area contributed by atoms with Gasteiger partial charge in [0.15, 0.2) is 5.82 Å². The molecule has 0 fully saturated rings. The van der Waals surface area contributed by atoms with Crippen molar-refractivity contribution < 1.29 is 4.74 Å². The number of nitrogens with zero attached hydrogens (tertiary/aromatic N) is 5. The molecular weight excluding hydrogens is 374 g/mol. The second-order valence-electron chi connectivity index (χ2n) is 6.20. The minimum Gasteiger partial charge on any atom is -0.462 e. The third kappa shape index (κ3) is 7.05. The highest BCUT2D eigenvalue weighted by molar-refractivity contribution is 7.16. The zero-order chi connectivity index (χ0) is 20.2. The third-order valence-electron chi connectivity index (χ3n) is 3.84. The van der Waals surface area contributed by atoms with Crippen LogP contribution in [0.2, 0.25) is 0 Å². The molecule has 0 aliphatic heterocycles. The summed E-state index contributed by atoms with van der Waals surface area (Å²) in [4.78, 5) is 16.9. The molecule has 2 heterocycles. The highest BCUT2D eigenvalue weighted by Crippen LogP contribution is 2.22. The van der Waals surface area contributed by atoms with Gasteiger partial charge in [-0.15, -0.1) is 11.3 Å². The molecule has 0 atom stereocenters. The van der Waals surface area contributed by atoms with Crippen LogP contribution in [0.4, 0.5) is 10.9 Å². The van der Waals surface area contributed by atoms with Crippen molar-refractivity contribution >= 4 is 28.5 Å². The van der Waals surface area contributed by atoms with Crippen LogP contribution in [0.3, 0.4) is 0 Å². The zero-order valence-corrected chi connectivity index (χ0v) is 18.1. The van der Waals surface area contributed by atoms with Crippen molar-refractivity contribution in [2.75, 3.05) is 43.6 Å². The first-order chi connectivity index (χ1) is 13.7. The number of ether oxygens (including phenoxy) is 1. The second kappa shape index (κ2) is 12.2. The van der Waals surface area contributed by atoms with E-state index < -0.39 is 0 Å². The van der Waals surface area contributed by atoms with Crippen LogP contribution in [-0.4, -0.2) is 54.5 Å². The average molecular weight is 406 g/mol. The smallest absolute Gasteiger partial charge is 0.321 e. The SMILES string of the molecule is CCCN(CCC)c1nc(/C=N/Nc2ccc(CC)s2)nc(OCCNC)n1. The molecule has 0 amide bonds. The Morgan fingerprint density at radius 3 is 2.57 bits per heavy atom. The van der Waals surface area contributed by atoms with Crippen LogP contribution < -0.4 is 20.4 Å². The molecule has 2 rings (SSSR count). The van der Waals surface area contributed by atoms with Crippen molar-refractivity contribution in [2.45, 2.75) is 40.0 Å². The fourth-order valence-corrected chi connectivity index (χ4v) is 3.30. The summed E-state index contributed by atoms with van der Waals surface area (Å²) in [6, 6.07) is 4.45. The molecule has 2 aromatic rings. The summed E-state index contributed by atoms with van der Waals surface area (Å²) < 4.78 is 5.69. The number of thiophene rings is 1. The van der Waals surface area contributed by atoms with E-state index in [-0.39, 0.29) is 0 Å². The molecule has 9 heteroatoms. The van der Waals surface area contributed by atoms with E-state index in [0.717, 1.165) is 43.9 Å². The van der Waals surface area contributed by atoms with Crippen LogP contribution in [0.5, 0.6) is 6.01 Å². The largest absolute Gasteiger partial charge is 0.462 e. The summed E-state index contributed by atoms with van der Waals surface area (Å²) in [5.74, 6) is 1.10. The predicted molar refractivity (Wildman–Crippen MR) is 117 cm³/mol. The van der Waals surface area contributed by atoms with E-state index in [0.29, 0.717) is 24.4 Å². The van der Waals surface area contributed by atoms with E-state index in [1.54, 1.807) is 17.6 Å². The number of hydrogen-bond donors (Lipinski definition) is 2. The van der Waals surface area contributed by atoms with Crippen LogP contribution in [-0.2, 0) is 6.42 Å². The van der Waals surface area contributed by atoms with Crippen LogP contribution in [0.25, 0.3) is 0 Å². The van der Waals surface area contributed by atoms with E-state index in [1.807, 2.05) is 13.1 Å². The predicted octanol–water partition coefficient (Wildman–Crippen LogP) is 3.17. The number of hydrogen-bond acceptors (Lipinski definition) is 9. The van der Waals surface area contributed by atoms with Gasteiger partial charge < -0.3 is 15.0 Å². The van der Waals surface area contributed by atoms with Gasteiger partial charge in [0, 0.05) is 24.5 Å². The standard InChI is InChI=1S/C19H31N7OS/c1-5-11-26(12-6-2)18-22-16(23-19(24-18)27-13-10-20-4)14-21-25-17-9-8-15(7-3)28-17/h8-9,14,20,25H,5-7,10-13H2,1-4H3/b21-14+. The Hall–Kier alpha value is -2.26. The van der Waals surface area contributed by atoms with E-state index >= 15 is 0 Å². The van der Waals surface area contributed by atoms with Crippen molar-refractivity contribution in [3.05, 3.63) is 22.8 Å². The lowest BCUT2D eigenvalue weighted by molar-refractivity contribution is 0.292. The first-order valence-electron chi connectivity index (χ1n) is 9.86. The first kappa shape index (κ1) is 22.0. The summed E-state index contributed by atoms with van der Waals surface area (Å²) in [6.45, 7) is 9.41. The fraction of sp³-hybridized carbons (Fsp3) is 0.579. The third-order valence-corrected chi connectivity index (χ3v) is 4.97. The van der Waals surface area contributed by atoms with Crippen molar-refractivity contribution in [1.29, 1.82) is 0 Å². The Morgan fingerprint density at radius 2 is 1.93 bits per heavy atom. The van der Waals surface area contributed by atoms with Gasteiger partial charge in [0.2, 0.25) is 5.95 Å². The highest BCUT2D eigenvalue weighted by Gasteiger charge is 2.13. The van der Waals surface area contributed by atoms with Crippen molar-refractivity contribution in [1.82, 2.24) is 20.3 Å². The minimum atomic E-state index is 0.322. The summed E-state index contributed by atoms with van der Waals surface area (Å²) in [7, 11) is 1.88. The summed E-state index contributed by atoms with van der Waals surface area (Å²) in [6.07, 6.45) is 4.66. The Kier molecular flexibility index (Phi) is 9.64. The zero-order valence-electron chi connectivity index (χ0n) is 17.2. The van der Waals surface area contributed by atoms with Gasteiger partial charge in [0.05, 0.1) is 6.21 Å². The van der Waals surface area contributed by atoms with Gasteiger partial charge in [0.1, 0.15) is 11.6 Å². The molecule has 0 spiro atoms. The van der Waals surface area contributed by atoms with Gasteiger partial charge in [-0.1, -0.05) is 20.8 Å². The molecule has 2 aromatic heterocycles. The molecule has 0 aromatic carbocycles. The number of anilines is 2. The van der Waals surface area contributed by atoms with Crippen LogP contribution >= 0.6 is 11.3 Å². The Bertz CT molecular complexity index is 729. The summed E-state index contributed by atoms with van der Waals surface area (Å²) in [5, 5.41) is 8.33. The van der Waals surface area contributed by atoms with Gasteiger partial charge in [0.25, 0.3) is 0 Å². The number of nitrogens with one attached hydrogen (secondary N) is 2. The lowest BCUT2D eigenvalue weighted by Crippen LogP contribution is -2.28. The number of aromatic nitrogens is 3. The fourth-order valence-electron chi connectivity index (χ4n) is 2.50. The monoisotopic (exact) mass is 405 g/mol. The topological polar surface area (TPSA) is 87.6 Å². The Labute approximate surface area is 171 Å². The molecule has 0 aliphatic carbocycles. The van der Waals surface area contributed by atoms with Crippen LogP contribution in [0, 0.1) is 0 Å². The molecule has 0 saturated carbocycles. The first-order valence-corrected chi connectivity index (χ1v) is 10.7. The lowest BCUT2D eigenvalue weighted by atomic mass is 10.4. The van der Waals surface area contributed by atoms with Gasteiger partial charge in [-0.3, -0.25) is 5.43 Å². The molecule has 8 nitrogen and oxygen atoms in total. The Balaban J connectivity index is 2.18. The van der Waals surface area contributed by atoms with Gasteiger partial charge >= 0.3 is 6.01 Å². The second-order valence-corrected chi connectivity index (χ2v) is 7.37. The number of aryl methyl sites for hydroxylation is 1. The molecule has 28 heavy (non-hydrogen) atoms. The maximum atomic E-state index is 5.69. The number of rotatable bonds is 13. The Morgan fingerprint density at radius 1 is 1.14 bits per heavy atom. The summed E-state index contributed by atoms with van der Waals surface area (Å²) in [5.41, 5.74) is 3.04. The minimum absolute atomic E-state index is 0.322. The molecule has 0 bridgehead atoms. The van der Waals surface area contributed by atoms with Gasteiger partial charge in [-0.25, -0.2) is 0 Å². The van der Waals surface area contributed by atoms with E-state index in [9.17, 15) is 0 Å². The van der Waals surface area contributed by atoms with Crippen molar-refractivity contribution in [3.8, 4) is 6.01 Å². The highest BCUT2D eigenvalue weighted by atomic mass is 32.1. The van der Waals surface area contributed by atoms with Gasteiger partial charge in [-0.05, 0) is 38.4 Å². The van der Waals surface area contributed by atoms with Crippen LogP contribution in [0.1, 0.15) is 44.3 Å². The number of likely N-dealkylation sites (N-methyl/N-ethyl adjacent to an activating group) is 1. The molecule has 2 N–H and O–H groups in total. The van der Waals surface area contributed by atoms with E-state index in [4.69, 9.17) is 4.74 Å². The maximum absolute atomic E-state index is 5.69. The number of hydrazone groups is 1. The molecule has 154 valence electrons. The quantitative estimate of drug-likeness (QED) is 0.301. The van der Waals surface area contributed by atoms with Crippen molar-refractivity contribution in [2.24, 2.45) is 5.10 Å². The summed E-state index contributed by atoms with van der Waals surface area (Å²) >= 11 is 1.69. The normalized spacial score (nSPS) is 11.1. The molecule has 0 aliphatic rings. The lowest BCUT2D eigenvalue weighted by Gasteiger charge is -2.21. The molecule has 0 unspecified atom stereocenters. The van der Waals surface area contributed by atoms with Crippen LogP contribution in [0.15, 0.2) is 17.2 Å². The average Bonchev–Trinajstić information content (AvgIpc) is 3.16. The van der Waals surface area contributed by atoms with E-state index in [2.05, 4.69) is 62.5 Å².